The van der Waals surface area contributed by atoms with Gasteiger partial charge in [-0.2, -0.15) is 0 Å². The molecule has 3 aromatic rings. The van der Waals surface area contributed by atoms with Crippen molar-refractivity contribution in [3.8, 4) is 39.9 Å². The summed E-state index contributed by atoms with van der Waals surface area (Å²) in [5, 5.41) is 12.8. The molecule has 0 saturated heterocycles. The van der Waals surface area contributed by atoms with Gasteiger partial charge >= 0.3 is 0 Å². The van der Waals surface area contributed by atoms with Crippen molar-refractivity contribution in [1.29, 1.82) is 0 Å². The molecule has 0 aliphatic rings. The molecule has 3 rings (SSSR count). The van der Waals surface area contributed by atoms with Crippen LogP contribution in [0.25, 0.3) is 21.9 Å². The van der Waals surface area contributed by atoms with Crippen LogP contribution in [0.5, 0.6) is 28.7 Å². The Morgan fingerprint density at radius 3 is 2.09 bits per heavy atom. The number of benzene rings is 3. The van der Waals surface area contributed by atoms with Gasteiger partial charge in [-0.15, -0.1) is 0 Å². The van der Waals surface area contributed by atoms with E-state index in [1.54, 1.807) is 14.2 Å². The monoisotopic (exact) mass is 468 g/mol. The van der Waals surface area contributed by atoms with Gasteiger partial charge in [-0.1, -0.05) is 32.9 Å². The number of ether oxygens (including phenoxy) is 3. The number of phenols is 1. The number of fused-ring (bicyclic) bond motifs is 1. The van der Waals surface area contributed by atoms with E-state index >= 15 is 0 Å². The van der Waals surface area contributed by atoms with E-state index < -0.39 is 8.32 Å². The predicted molar refractivity (Wildman–Crippen MR) is 138 cm³/mol. The van der Waals surface area contributed by atoms with Gasteiger partial charge in [-0.3, -0.25) is 0 Å². The average Bonchev–Trinajstić information content (AvgIpc) is 2.73. The van der Waals surface area contributed by atoms with E-state index in [2.05, 4.69) is 33.9 Å². The van der Waals surface area contributed by atoms with E-state index in [-0.39, 0.29) is 16.9 Å². The fourth-order valence-electron chi connectivity index (χ4n) is 3.52. The van der Waals surface area contributed by atoms with Gasteiger partial charge in [0.25, 0.3) is 0 Å². The first-order valence-electron chi connectivity index (χ1n) is 11.3. The zero-order valence-electron chi connectivity index (χ0n) is 21.2. The second kappa shape index (κ2) is 9.18. The number of phenolic OH excluding ortho intramolecular Hbond substituents is 1. The van der Waals surface area contributed by atoms with Gasteiger partial charge in [0.1, 0.15) is 28.7 Å². The zero-order valence-corrected chi connectivity index (χ0v) is 22.2. The molecule has 0 saturated carbocycles. The molecule has 0 fully saturated rings. The second-order valence-electron chi connectivity index (χ2n) is 10.0. The van der Waals surface area contributed by atoms with Crippen LogP contribution in [0.3, 0.4) is 0 Å². The van der Waals surface area contributed by atoms with Gasteiger partial charge in [0.2, 0.25) is 8.32 Å². The molecule has 0 aliphatic heterocycles. The van der Waals surface area contributed by atoms with E-state index in [9.17, 15) is 5.11 Å². The molecular formula is C27H36O5Si. The lowest BCUT2D eigenvalue weighted by Gasteiger charge is -2.36. The summed E-state index contributed by atoms with van der Waals surface area (Å²) < 4.78 is 23.9. The first-order chi connectivity index (χ1) is 15.4. The van der Waals surface area contributed by atoms with Crippen LogP contribution < -0.4 is 18.6 Å². The molecule has 0 radical (unpaired) electrons. The van der Waals surface area contributed by atoms with Crippen LogP contribution in [0, 0.1) is 0 Å². The van der Waals surface area contributed by atoms with Crippen LogP contribution in [0.4, 0.5) is 0 Å². The van der Waals surface area contributed by atoms with Gasteiger partial charge in [-0.05, 0) is 56.2 Å². The minimum absolute atomic E-state index is 0.00402. The molecule has 0 amide bonds. The minimum Gasteiger partial charge on any atom is -0.543 e. The maximum absolute atomic E-state index is 11.3. The molecular weight excluding hydrogens is 432 g/mol. The Bertz CT molecular complexity index is 1150. The summed E-state index contributed by atoms with van der Waals surface area (Å²) in [6.07, 6.45) is -0.00402. The van der Waals surface area contributed by atoms with Gasteiger partial charge in [0.05, 0.1) is 25.7 Å². The van der Waals surface area contributed by atoms with E-state index in [0.29, 0.717) is 28.2 Å². The normalized spacial score (nSPS) is 12.2. The zero-order chi connectivity index (χ0) is 24.6. The summed E-state index contributed by atoms with van der Waals surface area (Å²) >= 11 is 0. The summed E-state index contributed by atoms with van der Waals surface area (Å²) in [4.78, 5) is 0. The van der Waals surface area contributed by atoms with Crippen molar-refractivity contribution in [3.05, 3.63) is 42.5 Å². The smallest absolute Gasteiger partial charge is 0.250 e. The van der Waals surface area contributed by atoms with Crippen molar-refractivity contribution in [2.24, 2.45) is 0 Å². The van der Waals surface area contributed by atoms with Crippen molar-refractivity contribution >= 4 is 19.1 Å². The molecule has 3 aromatic carbocycles. The SMILES string of the molecule is COc1cc(O[Si](C)(C)C(C)(C)C)ccc1-c1cc(OC)c2c(OC(C)C)cccc2c1O. The molecule has 178 valence electrons. The molecule has 6 heteroatoms. The first-order valence-corrected chi connectivity index (χ1v) is 14.2. The number of methoxy groups -OCH3 is 2. The number of hydrogen-bond acceptors (Lipinski definition) is 5. The predicted octanol–water partition coefficient (Wildman–Crippen LogP) is 7.40. The molecule has 1 N–H and O–H groups in total. The number of aromatic hydroxyl groups is 1. The summed E-state index contributed by atoms with van der Waals surface area (Å²) in [6, 6.07) is 13.2. The van der Waals surface area contributed by atoms with Crippen molar-refractivity contribution in [2.45, 2.75) is 58.9 Å². The van der Waals surface area contributed by atoms with Crippen LogP contribution in [0.1, 0.15) is 34.6 Å². The van der Waals surface area contributed by atoms with E-state index in [1.165, 1.54) is 0 Å². The fraction of sp³-hybridized carbons (Fsp3) is 0.407. The minimum atomic E-state index is -2.00. The van der Waals surface area contributed by atoms with Crippen LogP contribution in [-0.4, -0.2) is 33.7 Å². The quantitative estimate of drug-likeness (QED) is 0.366. The summed E-state index contributed by atoms with van der Waals surface area (Å²) in [7, 11) is 1.25. The largest absolute Gasteiger partial charge is 0.543 e. The topological polar surface area (TPSA) is 57.2 Å². The third-order valence-electron chi connectivity index (χ3n) is 6.28. The maximum Gasteiger partial charge on any atom is 0.250 e. The van der Waals surface area contributed by atoms with Gasteiger partial charge in [0, 0.05) is 22.6 Å². The Kier molecular flexibility index (Phi) is 6.89. The van der Waals surface area contributed by atoms with Crippen molar-refractivity contribution in [1.82, 2.24) is 0 Å². The van der Waals surface area contributed by atoms with E-state index in [4.69, 9.17) is 18.6 Å². The van der Waals surface area contributed by atoms with Crippen molar-refractivity contribution in [2.75, 3.05) is 14.2 Å². The fourth-order valence-corrected chi connectivity index (χ4v) is 4.55. The van der Waals surface area contributed by atoms with Crippen LogP contribution in [0.15, 0.2) is 42.5 Å². The highest BCUT2D eigenvalue weighted by Gasteiger charge is 2.39. The lowest BCUT2D eigenvalue weighted by atomic mass is 9.97. The highest BCUT2D eigenvalue weighted by molar-refractivity contribution is 6.74. The second-order valence-corrected chi connectivity index (χ2v) is 14.8. The Balaban J connectivity index is 2.15. The van der Waals surface area contributed by atoms with E-state index in [0.717, 1.165) is 16.7 Å². The third-order valence-corrected chi connectivity index (χ3v) is 10.6. The van der Waals surface area contributed by atoms with Gasteiger partial charge in [-0.25, -0.2) is 0 Å². The first kappa shape index (κ1) is 24.8. The van der Waals surface area contributed by atoms with Gasteiger partial charge < -0.3 is 23.7 Å². The number of hydrogen-bond donors (Lipinski definition) is 1. The maximum atomic E-state index is 11.3. The number of rotatable bonds is 7. The Morgan fingerprint density at radius 2 is 1.52 bits per heavy atom. The van der Waals surface area contributed by atoms with Crippen molar-refractivity contribution < 1.29 is 23.7 Å². The Hall–Kier alpha value is -2.86. The molecule has 0 unspecified atom stereocenters. The lowest BCUT2D eigenvalue weighted by Crippen LogP contribution is -2.43. The lowest BCUT2D eigenvalue weighted by molar-refractivity contribution is 0.245. The molecule has 0 spiro atoms. The molecule has 33 heavy (non-hydrogen) atoms. The Labute approximate surface area is 198 Å². The molecule has 0 bridgehead atoms. The summed E-state index contributed by atoms with van der Waals surface area (Å²) in [6.45, 7) is 15.0. The van der Waals surface area contributed by atoms with Crippen LogP contribution in [-0.2, 0) is 0 Å². The molecule has 5 nitrogen and oxygen atoms in total. The van der Waals surface area contributed by atoms with Gasteiger partial charge in [0.15, 0.2) is 0 Å². The van der Waals surface area contributed by atoms with Crippen molar-refractivity contribution in [3.63, 3.8) is 0 Å². The highest BCUT2D eigenvalue weighted by Crippen LogP contribution is 2.48. The summed E-state index contributed by atoms with van der Waals surface area (Å²) in [5.41, 5.74) is 1.38. The molecule has 0 atom stereocenters. The Morgan fingerprint density at radius 1 is 0.848 bits per heavy atom. The molecule has 0 aromatic heterocycles. The third kappa shape index (κ3) is 4.91. The standard InChI is InChI=1S/C27H36O5Si/c1-17(2)31-22-12-10-11-20-25(22)24(30-7)16-21(26(20)28)19-14-13-18(15-23(19)29-6)32-33(8,9)27(3,4)5/h10-17,28H,1-9H3. The average molecular weight is 469 g/mol. The van der Waals surface area contributed by atoms with Crippen LogP contribution >= 0.6 is 0 Å². The highest BCUT2D eigenvalue weighted by atomic mass is 28.4. The van der Waals surface area contributed by atoms with E-state index in [1.807, 2.05) is 56.3 Å². The molecule has 0 aliphatic carbocycles. The summed E-state index contributed by atoms with van der Waals surface area (Å²) in [5.74, 6) is 2.83. The van der Waals surface area contributed by atoms with Crippen LogP contribution in [0.2, 0.25) is 18.1 Å². The molecule has 0 heterocycles.